The third kappa shape index (κ3) is 3.08. The molecule has 1 fully saturated rings. The second-order valence-corrected chi connectivity index (χ2v) is 5.60. The van der Waals surface area contributed by atoms with Gasteiger partial charge in [-0.05, 0) is 25.0 Å². The van der Waals surface area contributed by atoms with Crippen molar-refractivity contribution in [2.24, 2.45) is 0 Å². The quantitative estimate of drug-likeness (QED) is 0.937. The zero-order valence-electron chi connectivity index (χ0n) is 12.3. The molecule has 1 saturated carbocycles. The van der Waals surface area contributed by atoms with E-state index >= 15 is 0 Å². The lowest BCUT2D eigenvalue weighted by molar-refractivity contribution is 0.345. The summed E-state index contributed by atoms with van der Waals surface area (Å²) in [4.78, 5) is 16.8. The van der Waals surface area contributed by atoms with Crippen molar-refractivity contribution in [3.05, 3.63) is 34.9 Å². The van der Waals surface area contributed by atoms with Crippen molar-refractivity contribution in [3.8, 4) is 5.75 Å². The van der Waals surface area contributed by atoms with Crippen molar-refractivity contribution in [2.45, 2.75) is 44.8 Å². The van der Waals surface area contributed by atoms with Gasteiger partial charge in [0.25, 0.3) is 5.56 Å². The van der Waals surface area contributed by atoms with Crippen LogP contribution in [0.1, 0.15) is 32.1 Å². The monoisotopic (exact) mass is 287 g/mol. The van der Waals surface area contributed by atoms with Gasteiger partial charge in [-0.1, -0.05) is 19.3 Å². The van der Waals surface area contributed by atoms with Crippen molar-refractivity contribution in [1.82, 2.24) is 14.9 Å². The zero-order chi connectivity index (χ0) is 14.7. The van der Waals surface area contributed by atoms with Gasteiger partial charge in [0.2, 0.25) is 0 Å². The fourth-order valence-corrected chi connectivity index (χ4v) is 2.91. The summed E-state index contributed by atoms with van der Waals surface area (Å²) in [5, 5.41) is 4.09. The van der Waals surface area contributed by atoms with Crippen molar-refractivity contribution in [3.63, 3.8) is 0 Å². The Labute approximate surface area is 124 Å². The van der Waals surface area contributed by atoms with Crippen molar-refractivity contribution < 1.29 is 4.74 Å². The Bertz CT molecular complexity index is 675. The molecule has 1 heterocycles. The average molecular weight is 287 g/mol. The second kappa shape index (κ2) is 6.26. The van der Waals surface area contributed by atoms with Crippen molar-refractivity contribution >= 4 is 10.9 Å². The summed E-state index contributed by atoms with van der Waals surface area (Å²) in [5.74, 6) is 0.715. The lowest BCUT2D eigenvalue weighted by Crippen LogP contribution is -2.36. The van der Waals surface area contributed by atoms with Crippen LogP contribution in [0.25, 0.3) is 10.9 Å². The third-order valence-electron chi connectivity index (χ3n) is 4.19. The summed E-state index contributed by atoms with van der Waals surface area (Å²) in [6, 6.07) is 5.89. The molecule has 1 N–H and O–H groups in total. The van der Waals surface area contributed by atoms with Crippen LogP contribution in [0.15, 0.2) is 29.3 Å². The number of nitrogens with one attached hydrogen (secondary N) is 1. The number of methoxy groups -OCH3 is 1. The highest BCUT2D eigenvalue weighted by Gasteiger charge is 2.13. The lowest BCUT2D eigenvalue weighted by Gasteiger charge is -2.23. The summed E-state index contributed by atoms with van der Waals surface area (Å²) >= 11 is 0. The Kier molecular flexibility index (Phi) is 4.20. The van der Waals surface area contributed by atoms with Gasteiger partial charge in [0.15, 0.2) is 0 Å². The van der Waals surface area contributed by atoms with Crippen LogP contribution in [0.3, 0.4) is 0 Å². The number of hydrogen-bond donors (Lipinski definition) is 1. The van der Waals surface area contributed by atoms with Crippen LogP contribution in [0.4, 0.5) is 0 Å². The first-order valence-electron chi connectivity index (χ1n) is 7.54. The van der Waals surface area contributed by atoms with Gasteiger partial charge >= 0.3 is 0 Å². The van der Waals surface area contributed by atoms with Crippen LogP contribution in [-0.2, 0) is 6.67 Å². The van der Waals surface area contributed by atoms with Crippen LogP contribution >= 0.6 is 0 Å². The fraction of sp³-hybridized carbons (Fsp3) is 0.500. The molecule has 5 heteroatoms. The molecule has 0 amide bonds. The number of fused-ring (bicyclic) bond motifs is 1. The normalized spacial score (nSPS) is 16.2. The number of hydrogen-bond acceptors (Lipinski definition) is 4. The Hall–Kier alpha value is -1.88. The van der Waals surface area contributed by atoms with Gasteiger partial charge in [-0.25, -0.2) is 4.98 Å². The Morgan fingerprint density at radius 3 is 2.90 bits per heavy atom. The van der Waals surface area contributed by atoms with E-state index in [0.29, 0.717) is 29.4 Å². The van der Waals surface area contributed by atoms with E-state index < -0.39 is 0 Å². The summed E-state index contributed by atoms with van der Waals surface area (Å²) in [5.41, 5.74) is 0.666. The lowest BCUT2D eigenvalue weighted by atomic mass is 9.96. The standard InChI is InChI=1S/C16H21N3O2/c1-21-13-7-8-14-15(9-13)18-11-19(16(14)20)10-17-12-5-3-2-4-6-12/h7-9,11-12,17H,2-6,10H2,1H3. The topological polar surface area (TPSA) is 56.1 Å². The van der Waals surface area contributed by atoms with E-state index in [1.807, 2.05) is 0 Å². The summed E-state index contributed by atoms with van der Waals surface area (Å²) in [6.45, 7) is 0.526. The smallest absolute Gasteiger partial charge is 0.262 e. The van der Waals surface area contributed by atoms with Crippen LogP contribution in [0.5, 0.6) is 5.75 Å². The number of aromatic nitrogens is 2. The summed E-state index contributed by atoms with van der Waals surface area (Å²) in [7, 11) is 1.61. The molecule has 0 radical (unpaired) electrons. The Morgan fingerprint density at radius 2 is 2.14 bits per heavy atom. The first-order valence-corrected chi connectivity index (χ1v) is 7.54. The van der Waals surface area contributed by atoms with E-state index in [0.717, 1.165) is 0 Å². The maximum atomic E-state index is 12.4. The molecular weight excluding hydrogens is 266 g/mol. The fourth-order valence-electron chi connectivity index (χ4n) is 2.91. The first kappa shape index (κ1) is 14.1. The minimum absolute atomic E-state index is 0.00837. The molecule has 1 aliphatic carbocycles. The van der Waals surface area contributed by atoms with Crippen molar-refractivity contribution in [1.29, 1.82) is 0 Å². The van der Waals surface area contributed by atoms with Gasteiger partial charge in [0.05, 0.1) is 31.0 Å². The number of rotatable bonds is 4. The first-order chi connectivity index (χ1) is 10.3. The maximum Gasteiger partial charge on any atom is 0.262 e. The molecule has 0 aliphatic heterocycles. The Morgan fingerprint density at radius 1 is 1.33 bits per heavy atom. The number of nitrogens with zero attached hydrogens (tertiary/aromatic N) is 2. The van der Waals surface area contributed by atoms with E-state index in [9.17, 15) is 4.79 Å². The molecule has 0 spiro atoms. The second-order valence-electron chi connectivity index (χ2n) is 5.60. The number of benzene rings is 1. The molecule has 1 aromatic heterocycles. The van der Waals surface area contributed by atoms with E-state index in [1.165, 1.54) is 32.1 Å². The summed E-state index contributed by atoms with van der Waals surface area (Å²) in [6.07, 6.45) is 7.90. The minimum Gasteiger partial charge on any atom is -0.497 e. The van der Waals surface area contributed by atoms with Crippen LogP contribution < -0.4 is 15.6 Å². The maximum absolute atomic E-state index is 12.4. The Balaban J connectivity index is 1.79. The van der Waals surface area contributed by atoms with E-state index in [1.54, 1.807) is 36.2 Å². The molecule has 1 aromatic carbocycles. The largest absolute Gasteiger partial charge is 0.497 e. The van der Waals surface area contributed by atoms with Gasteiger partial charge in [0, 0.05) is 12.1 Å². The zero-order valence-corrected chi connectivity index (χ0v) is 12.3. The highest BCUT2D eigenvalue weighted by Crippen LogP contribution is 2.18. The molecule has 0 atom stereocenters. The average Bonchev–Trinajstić information content (AvgIpc) is 2.55. The molecular formula is C16H21N3O2. The molecule has 21 heavy (non-hydrogen) atoms. The SMILES string of the molecule is COc1ccc2c(=O)n(CNC3CCCCC3)cnc2c1. The van der Waals surface area contributed by atoms with Crippen LogP contribution in [0, 0.1) is 0 Å². The molecule has 3 rings (SSSR count). The molecule has 2 aromatic rings. The van der Waals surface area contributed by atoms with Gasteiger partial charge in [-0.15, -0.1) is 0 Å². The van der Waals surface area contributed by atoms with Gasteiger partial charge in [-0.3, -0.25) is 14.7 Å². The van der Waals surface area contributed by atoms with E-state index in [2.05, 4.69) is 10.3 Å². The molecule has 1 aliphatic rings. The molecule has 5 nitrogen and oxygen atoms in total. The van der Waals surface area contributed by atoms with Gasteiger partial charge in [-0.2, -0.15) is 0 Å². The highest BCUT2D eigenvalue weighted by atomic mass is 16.5. The molecule has 0 saturated heterocycles. The van der Waals surface area contributed by atoms with Crippen LogP contribution in [-0.4, -0.2) is 22.7 Å². The van der Waals surface area contributed by atoms with Gasteiger partial charge < -0.3 is 4.74 Å². The van der Waals surface area contributed by atoms with Crippen molar-refractivity contribution in [2.75, 3.05) is 7.11 Å². The highest BCUT2D eigenvalue weighted by molar-refractivity contribution is 5.78. The number of ether oxygens (including phenoxy) is 1. The van der Waals surface area contributed by atoms with E-state index in [4.69, 9.17) is 4.74 Å². The molecule has 0 bridgehead atoms. The predicted octanol–water partition coefficient (Wildman–Crippen LogP) is 2.28. The third-order valence-corrected chi connectivity index (χ3v) is 4.19. The van der Waals surface area contributed by atoms with E-state index in [-0.39, 0.29) is 5.56 Å². The van der Waals surface area contributed by atoms with Crippen LogP contribution in [0.2, 0.25) is 0 Å². The predicted molar refractivity (Wildman–Crippen MR) is 82.6 cm³/mol. The summed E-state index contributed by atoms with van der Waals surface area (Å²) < 4.78 is 6.80. The molecule has 112 valence electrons. The molecule has 0 unspecified atom stereocenters. The minimum atomic E-state index is -0.00837. The van der Waals surface area contributed by atoms with Gasteiger partial charge in [0.1, 0.15) is 5.75 Å².